The summed E-state index contributed by atoms with van der Waals surface area (Å²) in [7, 11) is 2.16. The van der Waals surface area contributed by atoms with Crippen molar-refractivity contribution in [1.29, 1.82) is 0 Å². The average Bonchev–Trinajstić information content (AvgIpc) is 2.76. The molecule has 2 N–H and O–H groups in total. The molecule has 0 bridgehead atoms. The summed E-state index contributed by atoms with van der Waals surface area (Å²) in [5.74, 6) is 2.71. The number of para-hydroxylation sites is 1. The lowest BCUT2D eigenvalue weighted by Crippen LogP contribution is -2.44. The van der Waals surface area contributed by atoms with E-state index in [0.29, 0.717) is 19.7 Å². The summed E-state index contributed by atoms with van der Waals surface area (Å²) in [5, 5.41) is 6.61. The number of nitrogens with zero attached hydrogens (tertiary/aromatic N) is 4. The second kappa shape index (κ2) is 13.3. The molecule has 0 saturated carbocycles. The van der Waals surface area contributed by atoms with Crippen molar-refractivity contribution in [2.24, 2.45) is 4.99 Å². The van der Waals surface area contributed by atoms with Crippen LogP contribution in [0.1, 0.15) is 12.5 Å². The van der Waals surface area contributed by atoms with Crippen molar-refractivity contribution >= 4 is 35.8 Å². The van der Waals surface area contributed by atoms with Crippen molar-refractivity contribution in [1.82, 2.24) is 20.5 Å². The van der Waals surface area contributed by atoms with Crippen LogP contribution < -0.4 is 20.3 Å². The Kier molecular flexibility index (Phi) is 10.7. The van der Waals surface area contributed by atoms with Crippen LogP contribution in [0.4, 0.5) is 5.82 Å². The van der Waals surface area contributed by atoms with E-state index in [1.807, 2.05) is 42.6 Å². The molecule has 2 heterocycles. The van der Waals surface area contributed by atoms with Gasteiger partial charge in [0.05, 0.1) is 13.1 Å². The maximum atomic E-state index is 5.73. The Morgan fingerprint density at radius 3 is 2.60 bits per heavy atom. The van der Waals surface area contributed by atoms with Crippen molar-refractivity contribution in [3.63, 3.8) is 0 Å². The number of piperazine rings is 1. The molecule has 1 aliphatic rings. The summed E-state index contributed by atoms with van der Waals surface area (Å²) in [6.07, 6.45) is 1.88. The van der Waals surface area contributed by atoms with Crippen LogP contribution in [0, 0.1) is 0 Å². The van der Waals surface area contributed by atoms with E-state index >= 15 is 0 Å². The van der Waals surface area contributed by atoms with Gasteiger partial charge in [-0.2, -0.15) is 0 Å². The van der Waals surface area contributed by atoms with E-state index in [9.17, 15) is 0 Å². The number of aliphatic imine (C=N–C) groups is 1. The maximum Gasteiger partial charge on any atom is 0.191 e. The van der Waals surface area contributed by atoms with Gasteiger partial charge >= 0.3 is 0 Å². The first-order valence-electron chi connectivity index (χ1n) is 10.3. The Balaban J connectivity index is 0.00000320. The first-order valence-corrected chi connectivity index (χ1v) is 10.3. The smallest absolute Gasteiger partial charge is 0.191 e. The predicted octanol–water partition coefficient (Wildman–Crippen LogP) is 2.59. The molecule has 164 valence electrons. The molecule has 1 saturated heterocycles. The number of aromatic nitrogens is 1. The fraction of sp³-hybridized carbons (Fsp3) is 0.455. The third kappa shape index (κ3) is 7.98. The molecule has 0 atom stereocenters. The zero-order chi connectivity index (χ0) is 20.3. The van der Waals surface area contributed by atoms with Crippen molar-refractivity contribution in [3.8, 4) is 5.75 Å². The number of benzene rings is 1. The summed E-state index contributed by atoms with van der Waals surface area (Å²) in [5.41, 5.74) is 1.16. The highest BCUT2D eigenvalue weighted by atomic mass is 127. The number of ether oxygens (including phenoxy) is 1. The number of guanidine groups is 1. The quantitative estimate of drug-likeness (QED) is 0.240. The number of likely N-dealkylation sites (N-methyl/N-ethyl adjacent to an activating group) is 1. The zero-order valence-electron chi connectivity index (χ0n) is 17.9. The molecule has 8 heteroatoms. The van der Waals surface area contributed by atoms with Gasteiger partial charge in [0.15, 0.2) is 5.96 Å². The fourth-order valence-corrected chi connectivity index (χ4v) is 3.13. The number of anilines is 1. The van der Waals surface area contributed by atoms with Crippen molar-refractivity contribution in [3.05, 3.63) is 54.2 Å². The largest absolute Gasteiger partial charge is 0.492 e. The first kappa shape index (κ1) is 24.2. The van der Waals surface area contributed by atoms with E-state index in [1.54, 1.807) is 0 Å². The van der Waals surface area contributed by atoms with Gasteiger partial charge < -0.3 is 25.2 Å². The van der Waals surface area contributed by atoms with Gasteiger partial charge in [0, 0.05) is 38.9 Å². The molecule has 30 heavy (non-hydrogen) atoms. The minimum atomic E-state index is 0. The van der Waals surface area contributed by atoms with Crippen LogP contribution in [-0.4, -0.2) is 68.8 Å². The van der Waals surface area contributed by atoms with E-state index in [-0.39, 0.29) is 24.0 Å². The molecule has 0 amide bonds. The lowest BCUT2D eigenvalue weighted by Gasteiger charge is -2.33. The molecule has 0 radical (unpaired) electrons. The summed E-state index contributed by atoms with van der Waals surface area (Å²) >= 11 is 0. The van der Waals surface area contributed by atoms with Gasteiger partial charge in [0.1, 0.15) is 18.2 Å². The van der Waals surface area contributed by atoms with Gasteiger partial charge in [-0.1, -0.05) is 18.2 Å². The molecule has 0 aliphatic carbocycles. The van der Waals surface area contributed by atoms with E-state index in [4.69, 9.17) is 9.73 Å². The lowest BCUT2D eigenvalue weighted by atomic mass is 10.2. The van der Waals surface area contributed by atoms with Crippen LogP contribution in [0.5, 0.6) is 5.75 Å². The highest BCUT2D eigenvalue weighted by Crippen LogP contribution is 2.15. The fourth-order valence-electron chi connectivity index (χ4n) is 3.13. The summed E-state index contributed by atoms with van der Waals surface area (Å²) in [6, 6.07) is 14.0. The monoisotopic (exact) mass is 524 g/mol. The van der Waals surface area contributed by atoms with Gasteiger partial charge in [0.2, 0.25) is 0 Å². The van der Waals surface area contributed by atoms with Crippen LogP contribution in [0.2, 0.25) is 0 Å². The molecule has 1 aliphatic heterocycles. The standard InChI is InChI=1S/C22H32N6O.HI/c1-3-23-22(25-11-16-29-20-7-5-4-6-8-20)26-18-19-9-10-24-21(17-19)28-14-12-27(2)13-15-28;/h4-10,17H,3,11-16,18H2,1-2H3,(H2,23,25,26);1H. The van der Waals surface area contributed by atoms with Crippen molar-refractivity contribution in [2.75, 3.05) is 57.8 Å². The van der Waals surface area contributed by atoms with E-state index in [0.717, 1.165) is 55.8 Å². The minimum absolute atomic E-state index is 0. The Bertz CT molecular complexity index is 765. The molecular weight excluding hydrogens is 491 g/mol. The zero-order valence-corrected chi connectivity index (χ0v) is 20.2. The Morgan fingerprint density at radius 2 is 1.87 bits per heavy atom. The molecule has 0 spiro atoms. The minimum Gasteiger partial charge on any atom is -0.492 e. The molecule has 1 aromatic carbocycles. The number of hydrogen-bond donors (Lipinski definition) is 2. The van der Waals surface area contributed by atoms with E-state index < -0.39 is 0 Å². The van der Waals surface area contributed by atoms with Crippen LogP contribution in [-0.2, 0) is 6.54 Å². The molecule has 1 fully saturated rings. The van der Waals surface area contributed by atoms with Crippen molar-refractivity contribution < 1.29 is 4.74 Å². The molecule has 2 aromatic rings. The number of halogens is 1. The Labute approximate surface area is 196 Å². The first-order chi connectivity index (χ1) is 14.2. The molecule has 1 aromatic heterocycles. The number of pyridine rings is 1. The molecular formula is C22H33IN6O. The maximum absolute atomic E-state index is 5.73. The molecule has 7 nitrogen and oxygen atoms in total. The Hall–Kier alpha value is -2.07. The van der Waals surface area contributed by atoms with Gasteiger partial charge in [-0.15, -0.1) is 24.0 Å². The summed E-state index contributed by atoms with van der Waals surface area (Å²) < 4.78 is 5.73. The third-order valence-electron chi connectivity index (χ3n) is 4.81. The topological polar surface area (TPSA) is 65.0 Å². The third-order valence-corrected chi connectivity index (χ3v) is 4.81. The highest BCUT2D eigenvalue weighted by molar-refractivity contribution is 14.0. The average molecular weight is 524 g/mol. The SMILES string of the molecule is CCNC(=NCc1ccnc(N2CCN(C)CC2)c1)NCCOc1ccccc1.I. The predicted molar refractivity (Wildman–Crippen MR) is 134 cm³/mol. The Morgan fingerprint density at radius 1 is 1.10 bits per heavy atom. The van der Waals surface area contributed by atoms with Crippen LogP contribution >= 0.6 is 24.0 Å². The van der Waals surface area contributed by atoms with Crippen LogP contribution in [0.3, 0.4) is 0 Å². The van der Waals surface area contributed by atoms with Crippen LogP contribution in [0.25, 0.3) is 0 Å². The summed E-state index contributed by atoms with van der Waals surface area (Å²) in [4.78, 5) is 14.0. The van der Waals surface area contributed by atoms with Gasteiger partial charge in [-0.05, 0) is 43.8 Å². The second-order valence-electron chi connectivity index (χ2n) is 7.10. The van der Waals surface area contributed by atoms with E-state index in [2.05, 4.69) is 45.5 Å². The lowest BCUT2D eigenvalue weighted by molar-refractivity contribution is 0.312. The number of rotatable bonds is 8. The van der Waals surface area contributed by atoms with Gasteiger partial charge in [-0.25, -0.2) is 9.98 Å². The number of hydrogen-bond acceptors (Lipinski definition) is 5. The van der Waals surface area contributed by atoms with Gasteiger partial charge in [-0.3, -0.25) is 0 Å². The van der Waals surface area contributed by atoms with E-state index in [1.165, 1.54) is 0 Å². The van der Waals surface area contributed by atoms with Gasteiger partial charge in [0.25, 0.3) is 0 Å². The number of nitrogens with one attached hydrogen (secondary N) is 2. The highest BCUT2D eigenvalue weighted by Gasteiger charge is 2.15. The van der Waals surface area contributed by atoms with Crippen molar-refractivity contribution in [2.45, 2.75) is 13.5 Å². The van der Waals surface area contributed by atoms with Crippen LogP contribution in [0.15, 0.2) is 53.7 Å². The molecule has 0 unspecified atom stereocenters. The normalized spacial score (nSPS) is 14.7. The molecule has 3 rings (SSSR count). The second-order valence-corrected chi connectivity index (χ2v) is 7.10. The summed E-state index contributed by atoms with van der Waals surface area (Å²) in [6.45, 7) is 8.93.